The van der Waals surface area contributed by atoms with E-state index in [0.29, 0.717) is 36.8 Å². The van der Waals surface area contributed by atoms with Crippen molar-refractivity contribution in [1.29, 1.82) is 0 Å². The topological polar surface area (TPSA) is 64.7 Å². The Hall–Kier alpha value is -0.560. The summed E-state index contributed by atoms with van der Waals surface area (Å²) in [5.74, 6) is 1.60. The number of hydrogen-bond donors (Lipinski definition) is 2. The number of amides is 2. The van der Waals surface area contributed by atoms with Crippen LogP contribution >= 0.6 is 24.8 Å². The molecular formula is C21H40Cl2N4O2. The van der Waals surface area contributed by atoms with Gasteiger partial charge in [-0.05, 0) is 50.6 Å². The second-order valence-electron chi connectivity index (χ2n) is 8.83. The average molecular weight is 451 g/mol. The average Bonchev–Trinajstić information content (AvgIpc) is 2.70. The monoisotopic (exact) mass is 450 g/mol. The van der Waals surface area contributed by atoms with Gasteiger partial charge in [-0.25, -0.2) is 0 Å². The Balaban J connectivity index is 0.00000210. The van der Waals surface area contributed by atoms with E-state index in [1.54, 1.807) is 0 Å². The van der Waals surface area contributed by atoms with Crippen LogP contribution in [0.5, 0.6) is 0 Å². The molecule has 2 amide bonds. The third-order valence-electron chi connectivity index (χ3n) is 6.75. The van der Waals surface area contributed by atoms with Crippen LogP contribution in [-0.2, 0) is 9.59 Å². The molecule has 2 aliphatic heterocycles. The Morgan fingerprint density at radius 2 is 1.59 bits per heavy atom. The highest BCUT2D eigenvalue weighted by Crippen LogP contribution is 2.25. The lowest BCUT2D eigenvalue weighted by atomic mass is 9.84. The molecule has 0 bridgehead atoms. The first-order valence-corrected chi connectivity index (χ1v) is 11.1. The lowest BCUT2D eigenvalue weighted by Crippen LogP contribution is -2.52. The minimum atomic E-state index is 0. The van der Waals surface area contributed by atoms with E-state index in [-0.39, 0.29) is 30.7 Å². The van der Waals surface area contributed by atoms with Crippen LogP contribution in [0.4, 0.5) is 0 Å². The Kier molecular flexibility index (Phi) is 12.5. The van der Waals surface area contributed by atoms with Crippen molar-refractivity contribution in [1.82, 2.24) is 20.4 Å². The second kappa shape index (κ2) is 13.7. The summed E-state index contributed by atoms with van der Waals surface area (Å²) in [5.41, 5.74) is 0. The smallest absolute Gasteiger partial charge is 0.234 e. The Bertz CT molecular complexity index is 489. The lowest BCUT2D eigenvalue weighted by molar-refractivity contribution is -0.134. The van der Waals surface area contributed by atoms with E-state index in [0.717, 1.165) is 52.1 Å². The summed E-state index contributed by atoms with van der Waals surface area (Å²) in [6, 6.07) is 0.380. The van der Waals surface area contributed by atoms with E-state index in [9.17, 15) is 9.59 Å². The number of nitrogens with one attached hydrogen (secondary N) is 2. The summed E-state index contributed by atoms with van der Waals surface area (Å²) < 4.78 is 0. The molecule has 3 fully saturated rings. The summed E-state index contributed by atoms with van der Waals surface area (Å²) in [5, 5.41) is 6.60. The molecule has 0 aromatic heterocycles. The fourth-order valence-corrected chi connectivity index (χ4v) is 4.86. The van der Waals surface area contributed by atoms with Gasteiger partial charge in [-0.3, -0.25) is 14.5 Å². The molecule has 1 saturated carbocycles. The highest BCUT2D eigenvalue weighted by atomic mass is 35.5. The van der Waals surface area contributed by atoms with Gasteiger partial charge in [0.25, 0.3) is 0 Å². The zero-order chi connectivity index (χ0) is 19.1. The number of halogens is 2. The maximum absolute atomic E-state index is 12.7. The van der Waals surface area contributed by atoms with Crippen molar-refractivity contribution in [3.05, 3.63) is 0 Å². The largest absolute Gasteiger partial charge is 0.352 e. The summed E-state index contributed by atoms with van der Waals surface area (Å²) in [4.78, 5) is 29.1. The quantitative estimate of drug-likeness (QED) is 0.651. The van der Waals surface area contributed by atoms with Crippen molar-refractivity contribution in [2.75, 3.05) is 45.8 Å². The molecule has 29 heavy (non-hydrogen) atoms. The first kappa shape index (κ1) is 26.5. The van der Waals surface area contributed by atoms with Crippen LogP contribution in [0.25, 0.3) is 0 Å². The van der Waals surface area contributed by atoms with Crippen LogP contribution in [0.2, 0.25) is 0 Å². The Morgan fingerprint density at radius 3 is 2.21 bits per heavy atom. The molecule has 0 aromatic carbocycles. The van der Waals surface area contributed by atoms with Crippen molar-refractivity contribution in [2.45, 2.75) is 64.3 Å². The van der Waals surface area contributed by atoms with E-state index < -0.39 is 0 Å². The zero-order valence-electron chi connectivity index (χ0n) is 17.9. The van der Waals surface area contributed by atoms with Gasteiger partial charge in [0.1, 0.15) is 0 Å². The van der Waals surface area contributed by atoms with Crippen LogP contribution in [0.3, 0.4) is 0 Å². The van der Waals surface area contributed by atoms with Crippen LogP contribution in [0.15, 0.2) is 0 Å². The lowest BCUT2D eigenvalue weighted by Gasteiger charge is -2.36. The normalized spacial score (nSPS) is 22.9. The van der Waals surface area contributed by atoms with E-state index in [4.69, 9.17) is 0 Å². The molecule has 0 spiro atoms. The van der Waals surface area contributed by atoms with E-state index in [2.05, 4.69) is 22.5 Å². The molecule has 3 aliphatic rings. The van der Waals surface area contributed by atoms with Crippen LogP contribution in [-0.4, -0.2) is 73.5 Å². The number of piperazine rings is 1. The van der Waals surface area contributed by atoms with E-state index >= 15 is 0 Å². The predicted molar refractivity (Wildman–Crippen MR) is 122 cm³/mol. The number of piperidine rings is 1. The molecule has 8 heteroatoms. The van der Waals surface area contributed by atoms with Gasteiger partial charge in [0.15, 0.2) is 0 Å². The summed E-state index contributed by atoms with van der Waals surface area (Å²) in [7, 11) is 0. The molecule has 1 atom stereocenters. The molecule has 170 valence electrons. The summed E-state index contributed by atoms with van der Waals surface area (Å²) >= 11 is 0. The highest BCUT2D eigenvalue weighted by molar-refractivity contribution is 5.85. The molecule has 2 N–H and O–H groups in total. The number of nitrogens with zero attached hydrogens (tertiary/aromatic N) is 2. The van der Waals surface area contributed by atoms with Crippen molar-refractivity contribution < 1.29 is 9.59 Å². The highest BCUT2D eigenvalue weighted by Gasteiger charge is 2.27. The number of hydrogen-bond acceptors (Lipinski definition) is 4. The molecule has 1 aliphatic carbocycles. The Morgan fingerprint density at radius 1 is 0.966 bits per heavy atom. The van der Waals surface area contributed by atoms with Gasteiger partial charge in [-0.1, -0.05) is 26.2 Å². The number of carbonyl (C=O) groups excluding carboxylic acids is 2. The molecule has 0 aromatic rings. The third kappa shape index (κ3) is 8.60. The van der Waals surface area contributed by atoms with Crippen molar-refractivity contribution in [3.63, 3.8) is 0 Å². The van der Waals surface area contributed by atoms with Gasteiger partial charge in [0.05, 0.1) is 6.54 Å². The molecule has 0 radical (unpaired) electrons. The maximum Gasteiger partial charge on any atom is 0.234 e. The molecule has 2 saturated heterocycles. The maximum atomic E-state index is 12.7. The van der Waals surface area contributed by atoms with E-state index in [1.165, 1.54) is 32.1 Å². The fourth-order valence-electron chi connectivity index (χ4n) is 4.86. The summed E-state index contributed by atoms with van der Waals surface area (Å²) in [6.45, 7) is 8.03. The Labute approximate surface area is 188 Å². The fraction of sp³-hybridized carbons (Fsp3) is 0.905. The number of carbonyl (C=O) groups is 2. The molecule has 3 rings (SSSR count). The van der Waals surface area contributed by atoms with Gasteiger partial charge < -0.3 is 15.5 Å². The number of rotatable bonds is 6. The zero-order valence-corrected chi connectivity index (χ0v) is 19.5. The van der Waals surface area contributed by atoms with Crippen molar-refractivity contribution >= 4 is 36.6 Å². The third-order valence-corrected chi connectivity index (χ3v) is 6.75. The SMILES string of the molecule is CC(CC(=O)N1CCN(CC(=O)NC2CCCCC2)CC1)C1CCNCC1.Cl.Cl. The second-order valence-corrected chi connectivity index (χ2v) is 8.83. The molecular weight excluding hydrogens is 411 g/mol. The standard InChI is InChI=1S/C21H38N4O2.2ClH/c1-17(18-7-9-22-10-8-18)15-21(27)25-13-11-24(12-14-25)16-20(26)23-19-5-3-2-4-6-19;;/h17-19,22H,2-16H2,1H3,(H,23,26);2*1H. The van der Waals surface area contributed by atoms with Crippen LogP contribution in [0, 0.1) is 11.8 Å². The molecule has 1 unspecified atom stereocenters. The minimum absolute atomic E-state index is 0. The summed E-state index contributed by atoms with van der Waals surface area (Å²) in [6.07, 6.45) is 9.09. The first-order valence-electron chi connectivity index (χ1n) is 11.1. The van der Waals surface area contributed by atoms with Gasteiger partial charge in [-0.15, -0.1) is 24.8 Å². The van der Waals surface area contributed by atoms with E-state index in [1.807, 2.05) is 4.90 Å². The van der Waals surface area contributed by atoms with Gasteiger partial charge in [0, 0.05) is 38.6 Å². The first-order chi connectivity index (χ1) is 13.1. The van der Waals surface area contributed by atoms with Crippen molar-refractivity contribution in [3.8, 4) is 0 Å². The van der Waals surface area contributed by atoms with Gasteiger partial charge in [0.2, 0.25) is 11.8 Å². The predicted octanol–water partition coefficient (Wildman–Crippen LogP) is 2.45. The molecule has 2 heterocycles. The van der Waals surface area contributed by atoms with Gasteiger partial charge in [-0.2, -0.15) is 0 Å². The van der Waals surface area contributed by atoms with Crippen molar-refractivity contribution in [2.24, 2.45) is 11.8 Å². The molecule has 6 nitrogen and oxygen atoms in total. The van der Waals surface area contributed by atoms with Crippen LogP contribution < -0.4 is 10.6 Å². The van der Waals surface area contributed by atoms with Crippen LogP contribution in [0.1, 0.15) is 58.3 Å². The minimum Gasteiger partial charge on any atom is -0.352 e. The van der Waals surface area contributed by atoms with Gasteiger partial charge >= 0.3 is 0 Å².